The van der Waals surface area contributed by atoms with Gasteiger partial charge in [-0.3, -0.25) is 9.59 Å². The van der Waals surface area contributed by atoms with Gasteiger partial charge >= 0.3 is 12.1 Å². The van der Waals surface area contributed by atoms with E-state index in [0.29, 0.717) is 17.2 Å². The van der Waals surface area contributed by atoms with Crippen LogP contribution in [0.25, 0.3) is 5.70 Å². The van der Waals surface area contributed by atoms with Crippen molar-refractivity contribution in [2.75, 3.05) is 0 Å². The van der Waals surface area contributed by atoms with Crippen molar-refractivity contribution in [1.82, 2.24) is 10.2 Å². The quantitative estimate of drug-likeness (QED) is 0.609. The number of hydrogen-bond acceptors (Lipinski definition) is 3. The minimum absolute atomic E-state index is 0.0251. The van der Waals surface area contributed by atoms with E-state index in [2.05, 4.69) is 5.32 Å². The molecule has 2 aromatic rings. The van der Waals surface area contributed by atoms with Crippen LogP contribution in [0, 0.1) is 6.92 Å². The first-order chi connectivity index (χ1) is 15.7. The molecule has 2 aromatic carbocycles. The number of fused-ring (bicyclic) bond motifs is 2. The van der Waals surface area contributed by atoms with Gasteiger partial charge in [-0.25, -0.2) is 0 Å². The number of nitrogens with one attached hydrogen (secondary N) is 1. The Balaban J connectivity index is 2.02. The van der Waals surface area contributed by atoms with E-state index in [4.69, 9.17) is 4.74 Å². The predicted molar refractivity (Wildman–Crippen MR) is 113 cm³/mol. The lowest BCUT2D eigenvalue weighted by atomic mass is 9.88. The molecule has 2 aliphatic rings. The van der Waals surface area contributed by atoms with Gasteiger partial charge in [-0.05, 0) is 50.1 Å². The summed E-state index contributed by atoms with van der Waals surface area (Å²) in [6.45, 7) is 5.58. The summed E-state index contributed by atoms with van der Waals surface area (Å²) >= 11 is 0. The second-order valence-corrected chi connectivity index (χ2v) is 8.75. The average molecular weight is 480 g/mol. The first kappa shape index (κ1) is 23.7. The third-order valence-corrected chi connectivity index (χ3v) is 5.95. The molecule has 0 bridgehead atoms. The Hall–Kier alpha value is -3.43. The van der Waals surface area contributed by atoms with Crippen LogP contribution >= 0.6 is 0 Å². The van der Waals surface area contributed by atoms with Crippen molar-refractivity contribution in [2.24, 2.45) is 0 Å². The van der Waals surface area contributed by atoms with Gasteiger partial charge in [0.2, 0.25) is 5.91 Å². The molecule has 180 valence electrons. The third-order valence-electron chi connectivity index (χ3n) is 5.95. The van der Waals surface area contributed by atoms with Crippen molar-refractivity contribution < 1.29 is 36.3 Å². The number of carbonyl (C=O) groups is 2. The molecule has 0 aromatic heterocycles. The summed E-state index contributed by atoms with van der Waals surface area (Å²) in [5.41, 5.74) is -1.86. The average Bonchev–Trinajstić information content (AvgIpc) is 3.04. The molecular weight excluding hydrogens is 459 g/mol. The van der Waals surface area contributed by atoms with Gasteiger partial charge in [-0.2, -0.15) is 22.0 Å². The van der Waals surface area contributed by atoms with Crippen LogP contribution in [0.2, 0.25) is 0 Å². The molecule has 34 heavy (non-hydrogen) atoms. The molecule has 0 atom stereocenters. The molecule has 5 nitrogen and oxygen atoms in total. The number of benzene rings is 2. The van der Waals surface area contributed by atoms with E-state index in [9.17, 15) is 31.5 Å². The highest BCUT2D eigenvalue weighted by molar-refractivity contribution is 6.05. The van der Waals surface area contributed by atoms with Crippen LogP contribution in [0.5, 0.6) is 5.75 Å². The number of alkyl halides is 5. The van der Waals surface area contributed by atoms with Crippen molar-refractivity contribution in [3.05, 3.63) is 69.9 Å². The number of rotatable bonds is 3. The van der Waals surface area contributed by atoms with E-state index in [1.165, 1.54) is 11.8 Å². The van der Waals surface area contributed by atoms with Crippen molar-refractivity contribution in [1.29, 1.82) is 0 Å². The molecule has 4 rings (SSSR count). The second kappa shape index (κ2) is 7.54. The zero-order chi connectivity index (χ0) is 25.2. The zero-order valence-electron chi connectivity index (χ0n) is 18.7. The number of halogens is 5. The Kier molecular flexibility index (Phi) is 5.26. The number of hydrogen-bond donors (Lipinski definition) is 1. The summed E-state index contributed by atoms with van der Waals surface area (Å²) in [6, 6.07) is 8.43. The third kappa shape index (κ3) is 3.52. The van der Waals surface area contributed by atoms with Gasteiger partial charge in [0.25, 0.3) is 5.91 Å². The Morgan fingerprint density at radius 2 is 1.74 bits per heavy atom. The summed E-state index contributed by atoms with van der Waals surface area (Å²) in [4.78, 5) is 26.6. The Bertz CT molecular complexity index is 1250. The molecule has 0 saturated heterocycles. The van der Waals surface area contributed by atoms with Gasteiger partial charge in [-0.1, -0.05) is 18.2 Å². The fourth-order valence-electron chi connectivity index (χ4n) is 4.39. The summed E-state index contributed by atoms with van der Waals surface area (Å²) < 4.78 is 74.4. The van der Waals surface area contributed by atoms with Crippen LogP contribution < -0.4 is 10.1 Å². The van der Waals surface area contributed by atoms with Gasteiger partial charge < -0.3 is 15.0 Å². The number of amides is 2. The van der Waals surface area contributed by atoms with Crippen LogP contribution in [0.3, 0.4) is 0 Å². The highest BCUT2D eigenvalue weighted by Crippen LogP contribution is 2.51. The summed E-state index contributed by atoms with van der Waals surface area (Å²) in [7, 11) is 0. The molecule has 0 radical (unpaired) electrons. The van der Waals surface area contributed by atoms with Gasteiger partial charge in [-0.15, -0.1) is 0 Å². The van der Waals surface area contributed by atoms with E-state index in [1.54, 1.807) is 38.1 Å². The maximum Gasteiger partial charge on any atom is 0.458 e. The summed E-state index contributed by atoms with van der Waals surface area (Å²) in [6.07, 6.45) is -5.83. The molecule has 2 amide bonds. The number of ether oxygens (including phenoxy) is 1. The van der Waals surface area contributed by atoms with Crippen molar-refractivity contribution in [3.63, 3.8) is 0 Å². The Labute approximate surface area is 192 Å². The fourth-order valence-corrected chi connectivity index (χ4v) is 4.39. The van der Waals surface area contributed by atoms with E-state index >= 15 is 0 Å². The Morgan fingerprint density at radius 3 is 2.32 bits per heavy atom. The summed E-state index contributed by atoms with van der Waals surface area (Å²) in [5, 5.41) is 2.61. The van der Waals surface area contributed by atoms with Crippen LogP contribution in [0.4, 0.5) is 22.0 Å². The van der Waals surface area contributed by atoms with Crippen molar-refractivity contribution in [2.45, 2.75) is 51.9 Å². The molecule has 1 N–H and O–H groups in total. The van der Waals surface area contributed by atoms with Crippen molar-refractivity contribution in [3.8, 4) is 5.75 Å². The molecule has 2 aliphatic heterocycles. The predicted octanol–water partition coefficient (Wildman–Crippen LogP) is 5.28. The minimum atomic E-state index is -5.83. The molecule has 2 heterocycles. The minimum Gasteiger partial charge on any atom is -0.481 e. The van der Waals surface area contributed by atoms with Crippen LogP contribution in [-0.2, 0) is 17.3 Å². The SMILES string of the molecule is CC(=O)NC1=C(N2Cc3ccccc3C2=O)c2c(ccc(C(F)(F)C(F)(F)F)c2C)OC1(C)C. The number of carbonyl (C=O) groups excluding carboxylic acids is 2. The molecule has 0 unspecified atom stereocenters. The van der Waals surface area contributed by atoms with E-state index in [0.717, 1.165) is 13.0 Å². The highest BCUT2D eigenvalue weighted by atomic mass is 19.4. The standard InChI is InChI=1S/C24H21F5N2O3/c1-12-16(23(25,26)24(27,28)29)9-10-17-18(12)19(20(30-13(2)32)22(3,4)34-17)31-11-14-7-5-6-8-15(14)21(31)33/h5-10H,11H2,1-4H3,(H,30,32). The lowest BCUT2D eigenvalue weighted by Gasteiger charge is -2.40. The van der Waals surface area contributed by atoms with E-state index in [1.807, 2.05) is 0 Å². The first-order valence-corrected chi connectivity index (χ1v) is 10.4. The van der Waals surface area contributed by atoms with Crippen LogP contribution in [0.1, 0.15) is 53.4 Å². The molecule has 0 fully saturated rings. The molecule has 0 spiro atoms. The normalized spacial score (nSPS) is 17.3. The van der Waals surface area contributed by atoms with Crippen LogP contribution in [-0.4, -0.2) is 28.5 Å². The Morgan fingerprint density at radius 1 is 1.09 bits per heavy atom. The molecule has 0 aliphatic carbocycles. The molecule has 0 saturated carbocycles. The molecule has 10 heteroatoms. The van der Waals surface area contributed by atoms with E-state index in [-0.39, 0.29) is 29.3 Å². The smallest absolute Gasteiger partial charge is 0.458 e. The highest BCUT2D eigenvalue weighted by Gasteiger charge is 2.60. The summed E-state index contributed by atoms with van der Waals surface area (Å²) in [5.74, 6) is -6.11. The monoisotopic (exact) mass is 480 g/mol. The fraction of sp³-hybridized carbons (Fsp3) is 0.333. The second-order valence-electron chi connectivity index (χ2n) is 8.75. The number of nitrogens with zero attached hydrogens (tertiary/aromatic N) is 1. The zero-order valence-corrected chi connectivity index (χ0v) is 18.7. The largest absolute Gasteiger partial charge is 0.481 e. The lowest BCUT2D eigenvalue weighted by Crippen LogP contribution is -2.46. The van der Waals surface area contributed by atoms with Gasteiger partial charge in [0.15, 0.2) is 0 Å². The first-order valence-electron chi connectivity index (χ1n) is 10.4. The maximum absolute atomic E-state index is 14.4. The maximum atomic E-state index is 14.4. The van der Waals surface area contributed by atoms with Gasteiger partial charge in [0.05, 0.1) is 17.9 Å². The van der Waals surface area contributed by atoms with Crippen molar-refractivity contribution >= 4 is 17.5 Å². The molecular formula is C24H21F5N2O3. The lowest BCUT2D eigenvalue weighted by molar-refractivity contribution is -0.289. The van der Waals surface area contributed by atoms with E-state index < -0.39 is 40.6 Å². The van der Waals surface area contributed by atoms with Crippen LogP contribution in [0.15, 0.2) is 42.1 Å². The van der Waals surface area contributed by atoms with Gasteiger partial charge in [0.1, 0.15) is 11.4 Å². The van der Waals surface area contributed by atoms with Gasteiger partial charge in [0, 0.05) is 23.6 Å². The topological polar surface area (TPSA) is 58.6 Å².